The number of likely N-dealkylation sites (tertiary alicyclic amines) is 1. The zero-order valence-corrected chi connectivity index (χ0v) is 13.0. The highest BCUT2D eigenvalue weighted by molar-refractivity contribution is 5.76. The monoisotopic (exact) mass is 269 g/mol. The van der Waals surface area contributed by atoms with Crippen LogP contribution in [0.15, 0.2) is 0 Å². The van der Waals surface area contributed by atoms with Gasteiger partial charge in [0.25, 0.3) is 0 Å². The lowest BCUT2D eigenvalue weighted by atomic mass is 10.0. The average Bonchev–Trinajstić information content (AvgIpc) is 2.53. The Balaban J connectivity index is 2.27. The van der Waals surface area contributed by atoms with E-state index in [2.05, 4.69) is 18.7 Å². The molecule has 1 fully saturated rings. The van der Waals surface area contributed by atoms with Crippen LogP contribution in [0.1, 0.15) is 59.3 Å². The maximum absolute atomic E-state index is 11.4. The Labute approximate surface area is 118 Å². The highest BCUT2D eigenvalue weighted by atomic mass is 16.5. The summed E-state index contributed by atoms with van der Waals surface area (Å²) in [6.07, 6.45) is 6.86. The van der Waals surface area contributed by atoms with Gasteiger partial charge in [-0.3, -0.25) is 9.69 Å². The van der Waals surface area contributed by atoms with Crippen molar-refractivity contribution in [3.63, 3.8) is 0 Å². The van der Waals surface area contributed by atoms with Gasteiger partial charge in [0.2, 0.25) is 0 Å². The Kier molecular flexibility index (Phi) is 8.31. The molecule has 1 unspecified atom stereocenters. The third-order valence-electron chi connectivity index (χ3n) is 3.88. The first kappa shape index (κ1) is 16.6. The van der Waals surface area contributed by atoms with Crippen LogP contribution in [0.5, 0.6) is 0 Å². The van der Waals surface area contributed by atoms with Crippen LogP contribution in [0, 0.1) is 5.92 Å². The molecule has 1 aliphatic rings. The minimum absolute atomic E-state index is 0.317. The Bertz CT molecular complexity index is 253. The lowest BCUT2D eigenvalue weighted by molar-refractivity contribution is -0.118. The van der Waals surface area contributed by atoms with Crippen LogP contribution >= 0.6 is 0 Å². The zero-order chi connectivity index (χ0) is 14.1. The number of hydrogen-bond donors (Lipinski definition) is 0. The summed E-state index contributed by atoms with van der Waals surface area (Å²) >= 11 is 0. The molecule has 1 aliphatic heterocycles. The second kappa shape index (κ2) is 9.49. The second-order valence-corrected chi connectivity index (χ2v) is 6.24. The van der Waals surface area contributed by atoms with Crippen molar-refractivity contribution in [3.8, 4) is 0 Å². The number of carbonyl (C=O) groups excluding carboxylic acids is 1. The van der Waals surface area contributed by atoms with Gasteiger partial charge in [0.15, 0.2) is 0 Å². The normalized spacial score (nSPS) is 21.6. The van der Waals surface area contributed by atoms with Gasteiger partial charge in [-0.05, 0) is 38.6 Å². The van der Waals surface area contributed by atoms with Crippen molar-refractivity contribution in [3.05, 3.63) is 0 Å². The van der Waals surface area contributed by atoms with Crippen molar-refractivity contribution in [2.75, 3.05) is 26.3 Å². The van der Waals surface area contributed by atoms with Gasteiger partial charge in [-0.2, -0.15) is 0 Å². The van der Waals surface area contributed by atoms with Gasteiger partial charge in [-0.25, -0.2) is 0 Å². The summed E-state index contributed by atoms with van der Waals surface area (Å²) in [4.78, 5) is 13.8. The van der Waals surface area contributed by atoms with Crippen molar-refractivity contribution in [1.82, 2.24) is 4.90 Å². The fourth-order valence-electron chi connectivity index (χ4n) is 2.70. The first-order chi connectivity index (χ1) is 9.09. The molecule has 0 N–H and O–H groups in total. The molecule has 19 heavy (non-hydrogen) atoms. The number of ketones is 1. The SMILES string of the molecule is CC(=O)CC1CCCCCN1CCOCCC(C)C. The molecule has 3 nitrogen and oxygen atoms in total. The van der Waals surface area contributed by atoms with Crippen LogP contribution in [0.25, 0.3) is 0 Å². The molecule has 0 amide bonds. The molecular weight excluding hydrogens is 238 g/mol. The van der Waals surface area contributed by atoms with Crippen molar-refractivity contribution >= 4 is 5.78 Å². The van der Waals surface area contributed by atoms with Crippen LogP contribution in [-0.4, -0.2) is 43.0 Å². The topological polar surface area (TPSA) is 29.5 Å². The summed E-state index contributed by atoms with van der Waals surface area (Å²) in [6.45, 7) is 9.94. The summed E-state index contributed by atoms with van der Waals surface area (Å²) in [6, 6.07) is 0.452. The fraction of sp³-hybridized carbons (Fsp3) is 0.938. The third kappa shape index (κ3) is 7.68. The lowest BCUT2D eigenvalue weighted by Gasteiger charge is -2.29. The van der Waals surface area contributed by atoms with E-state index in [4.69, 9.17) is 4.74 Å². The van der Waals surface area contributed by atoms with E-state index in [0.29, 0.717) is 24.2 Å². The predicted octanol–water partition coefficient (Wildman–Crippen LogP) is 3.27. The average molecular weight is 269 g/mol. The summed E-state index contributed by atoms with van der Waals surface area (Å²) in [5.41, 5.74) is 0. The minimum Gasteiger partial charge on any atom is -0.380 e. The number of Topliss-reactive ketones (excluding diaryl/α,β-unsaturated/α-hetero) is 1. The van der Waals surface area contributed by atoms with Crippen molar-refractivity contribution in [2.24, 2.45) is 5.92 Å². The van der Waals surface area contributed by atoms with Crippen molar-refractivity contribution < 1.29 is 9.53 Å². The molecule has 1 atom stereocenters. The maximum Gasteiger partial charge on any atom is 0.131 e. The summed E-state index contributed by atoms with van der Waals surface area (Å²) < 4.78 is 5.71. The number of nitrogens with zero attached hydrogens (tertiary/aromatic N) is 1. The molecule has 3 heteroatoms. The van der Waals surface area contributed by atoms with Gasteiger partial charge in [0.1, 0.15) is 5.78 Å². The Morgan fingerprint density at radius 3 is 2.74 bits per heavy atom. The van der Waals surface area contributed by atoms with E-state index in [9.17, 15) is 4.79 Å². The van der Waals surface area contributed by atoms with Crippen LogP contribution in [0.4, 0.5) is 0 Å². The minimum atomic E-state index is 0.317. The van der Waals surface area contributed by atoms with E-state index in [1.54, 1.807) is 6.92 Å². The van der Waals surface area contributed by atoms with E-state index in [-0.39, 0.29) is 0 Å². The van der Waals surface area contributed by atoms with Gasteiger partial charge in [0.05, 0.1) is 6.61 Å². The van der Waals surface area contributed by atoms with Crippen LogP contribution in [-0.2, 0) is 9.53 Å². The summed E-state index contributed by atoms with van der Waals surface area (Å²) in [5, 5.41) is 0. The Morgan fingerprint density at radius 2 is 2.05 bits per heavy atom. The van der Waals surface area contributed by atoms with Crippen LogP contribution < -0.4 is 0 Å². The molecule has 0 aromatic carbocycles. The largest absolute Gasteiger partial charge is 0.380 e. The van der Waals surface area contributed by atoms with E-state index in [1.165, 1.54) is 25.7 Å². The molecule has 112 valence electrons. The maximum atomic E-state index is 11.4. The Morgan fingerprint density at radius 1 is 1.26 bits per heavy atom. The molecule has 1 rings (SSSR count). The smallest absolute Gasteiger partial charge is 0.131 e. The first-order valence-electron chi connectivity index (χ1n) is 7.91. The molecule has 0 aromatic heterocycles. The molecule has 1 heterocycles. The lowest BCUT2D eigenvalue weighted by Crippen LogP contribution is -2.38. The highest BCUT2D eigenvalue weighted by Gasteiger charge is 2.21. The van der Waals surface area contributed by atoms with Crippen LogP contribution in [0.3, 0.4) is 0 Å². The zero-order valence-electron chi connectivity index (χ0n) is 13.0. The molecule has 0 aliphatic carbocycles. The molecule has 1 saturated heterocycles. The molecule has 0 saturated carbocycles. The quantitative estimate of drug-likeness (QED) is 0.633. The molecule has 0 bridgehead atoms. The Hall–Kier alpha value is -0.410. The third-order valence-corrected chi connectivity index (χ3v) is 3.88. The fourth-order valence-corrected chi connectivity index (χ4v) is 2.70. The standard InChI is InChI=1S/C16H31NO2/c1-14(2)8-11-19-12-10-17-9-6-4-5-7-16(17)13-15(3)18/h14,16H,4-13H2,1-3H3. The molecule has 0 aromatic rings. The van der Waals surface area contributed by atoms with Gasteiger partial charge in [-0.1, -0.05) is 26.7 Å². The molecular formula is C16H31NO2. The number of carbonyl (C=O) groups is 1. The van der Waals surface area contributed by atoms with E-state index >= 15 is 0 Å². The van der Waals surface area contributed by atoms with Gasteiger partial charge >= 0.3 is 0 Å². The summed E-state index contributed by atoms with van der Waals surface area (Å²) in [5.74, 6) is 1.03. The number of ether oxygens (including phenoxy) is 1. The predicted molar refractivity (Wildman–Crippen MR) is 79.4 cm³/mol. The van der Waals surface area contributed by atoms with E-state index < -0.39 is 0 Å². The molecule has 0 radical (unpaired) electrons. The van der Waals surface area contributed by atoms with Crippen molar-refractivity contribution in [1.29, 1.82) is 0 Å². The second-order valence-electron chi connectivity index (χ2n) is 6.24. The van der Waals surface area contributed by atoms with Gasteiger partial charge < -0.3 is 4.74 Å². The first-order valence-corrected chi connectivity index (χ1v) is 7.91. The van der Waals surface area contributed by atoms with E-state index in [0.717, 1.165) is 32.7 Å². The van der Waals surface area contributed by atoms with Crippen LogP contribution in [0.2, 0.25) is 0 Å². The number of rotatable bonds is 8. The molecule has 0 spiro atoms. The van der Waals surface area contributed by atoms with E-state index in [1.807, 2.05) is 0 Å². The summed E-state index contributed by atoms with van der Waals surface area (Å²) in [7, 11) is 0. The highest BCUT2D eigenvalue weighted by Crippen LogP contribution is 2.19. The number of hydrogen-bond acceptors (Lipinski definition) is 3. The van der Waals surface area contributed by atoms with Gasteiger partial charge in [0, 0.05) is 25.6 Å². The van der Waals surface area contributed by atoms with Gasteiger partial charge in [-0.15, -0.1) is 0 Å². The van der Waals surface area contributed by atoms with Crippen molar-refractivity contribution in [2.45, 2.75) is 65.3 Å².